The predicted octanol–water partition coefficient (Wildman–Crippen LogP) is 2.06. The smallest absolute Gasteiger partial charge is 0.252 e. The summed E-state index contributed by atoms with van der Waals surface area (Å²) >= 11 is 3.39. The highest BCUT2D eigenvalue weighted by Crippen LogP contribution is 2.11. The van der Waals surface area contributed by atoms with E-state index in [4.69, 9.17) is 4.74 Å². The average molecular weight is 339 g/mol. The minimum Gasteiger partial charge on any atom is -0.372 e. The van der Waals surface area contributed by atoms with Gasteiger partial charge in [0.25, 0.3) is 5.91 Å². The van der Waals surface area contributed by atoms with Crippen LogP contribution in [-0.4, -0.2) is 33.9 Å². The summed E-state index contributed by atoms with van der Waals surface area (Å²) in [5, 5.41) is 6.76. The summed E-state index contributed by atoms with van der Waals surface area (Å²) in [4.78, 5) is 15.5. The molecule has 1 amide bonds. The third-order valence-corrected chi connectivity index (χ3v) is 3.01. The van der Waals surface area contributed by atoms with Crippen molar-refractivity contribution in [1.82, 2.24) is 14.8 Å². The van der Waals surface area contributed by atoms with Gasteiger partial charge in [-0.3, -0.25) is 10.1 Å². The standard InChI is InChI=1S/C13H15BrN4O2/c1-2-20-8-12(19)16-13-15-9-18(17-13)7-10-3-5-11(14)6-4-10/h3-6,9H,2,7-8H2,1H3,(H,16,17,19). The number of amides is 1. The minimum absolute atomic E-state index is 0.0117. The number of halogens is 1. The fraction of sp³-hybridized carbons (Fsp3) is 0.308. The Kier molecular flexibility index (Phi) is 5.25. The molecule has 20 heavy (non-hydrogen) atoms. The number of carbonyl (C=O) groups excluding carboxylic acids is 1. The summed E-state index contributed by atoms with van der Waals surface area (Å²) in [5.41, 5.74) is 1.10. The molecule has 2 rings (SSSR count). The molecule has 6 nitrogen and oxygen atoms in total. The van der Waals surface area contributed by atoms with E-state index in [-0.39, 0.29) is 18.5 Å². The highest BCUT2D eigenvalue weighted by Gasteiger charge is 2.06. The maximum absolute atomic E-state index is 11.4. The van der Waals surface area contributed by atoms with Crippen LogP contribution in [0.2, 0.25) is 0 Å². The van der Waals surface area contributed by atoms with Gasteiger partial charge in [-0.2, -0.15) is 0 Å². The number of nitrogens with zero attached hydrogens (tertiary/aromatic N) is 3. The first-order chi connectivity index (χ1) is 9.67. The van der Waals surface area contributed by atoms with E-state index in [0.717, 1.165) is 10.0 Å². The monoisotopic (exact) mass is 338 g/mol. The lowest BCUT2D eigenvalue weighted by molar-refractivity contribution is -0.120. The third-order valence-electron chi connectivity index (χ3n) is 2.48. The molecule has 0 radical (unpaired) electrons. The lowest BCUT2D eigenvalue weighted by Crippen LogP contribution is -2.19. The number of carbonyl (C=O) groups is 1. The summed E-state index contributed by atoms with van der Waals surface area (Å²) in [6.07, 6.45) is 1.58. The molecule has 0 unspecified atom stereocenters. The van der Waals surface area contributed by atoms with Crippen molar-refractivity contribution in [3.05, 3.63) is 40.6 Å². The topological polar surface area (TPSA) is 69.0 Å². The van der Waals surface area contributed by atoms with E-state index in [1.807, 2.05) is 31.2 Å². The number of hydrogen-bond acceptors (Lipinski definition) is 4. The van der Waals surface area contributed by atoms with Crippen LogP contribution in [0, 0.1) is 0 Å². The largest absolute Gasteiger partial charge is 0.372 e. The number of benzene rings is 1. The summed E-state index contributed by atoms with van der Waals surface area (Å²) in [6.45, 7) is 2.94. The quantitative estimate of drug-likeness (QED) is 0.875. The van der Waals surface area contributed by atoms with Crippen molar-refractivity contribution >= 4 is 27.8 Å². The number of ether oxygens (including phenoxy) is 1. The maximum Gasteiger partial charge on any atom is 0.252 e. The second-order valence-electron chi connectivity index (χ2n) is 4.08. The Labute approximate surface area is 125 Å². The molecule has 0 spiro atoms. The lowest BCUT2D eigenvalue weighted by atomic mass is 10.2. The summed E-state index contributed by atoms with van der Waals surface area (Å²) in [5.74, 6) is 0.0278. The van der Waals surface area contributed by atoms with Crippen LogP contribution in [0.5, 0.6) is 0 Å². The van der Waals surface area contributed by atoms with Crippen molar-refractivity contribution in [1.29, 1.82) is 0 Å². The molecule has 1 aromatic heterocycles. The summed E-state index contributed by atoms with van der Waals surface area (Å²) in [6, 6.07) is 7.94. The molecule has 0 fully saturated rings. The zero-order valence-corrected chi connectivity index (χ0v) is 12.6. The van der Waals surface area contributed by atoms with Gasteiger partial charge in [-0.25, -0.2) is 9.67 Å². The van der Waals surface area contributed by atoms with E-state index < -0.39 is 0 Å². The zero-order chi connectivity index (χ0) is 14.4. The number of aromatic nitrogens is 3. The van der Waals surface area contributed by atoms with Gasteiger partial charge in [0, 0.05) is 11.1 Å². The van der Waals surface area contributed by atoms with Crippen LogP contribution in [0.15, 0.2) is 35.1 Å². The first kappa shape index (κ1) is 14.7. The van der Waals surface area contributed by atoms with Crippen LogP contribution in [-0.2, 0) is 16.1 Å². The Balaban J connectivity index is 1.91. The van der Waals surface area contributed by atoms with Gasteiger partial charge in [0.1, 0.15) is 12.9 Å². The average Bonchev–Trinajstić information content (AvgIpc) is 2.86. The van der Waals surface area contributed by atoms with Crippen LogP contribution in [0.25, 0.3) is 0 Å². The molecule has 7 heteroatoms. The molecule has 0 atom stereocenters. The zero-order valence-electron chi connectivity index (χ0n) is 11.0. The van der Waals surface area contributed by atoms with E-state index in [9.17, 15) is 4.79 Å². The van der Waals surface area contributed by atoms with Crippen LogP contribution in [0.1, 0.15) is 12.5 Å². The molecule has 1 N–H and O–H groups in total. The summed E-state index contributed by atoms with van der Waals surface area (Å²) < 4.78 is 7.70. The van der Waals surface area contributed by atoms with Crippen molar-refractivity contribution in [2.24, 2.45) is 0 Å². The molecule has 106 valence electrons. The van der Waals surface area contributed by atoms with Crippen molar-refractivity contribution in [2.45, 2.75) is 13.5 Å². The Bertz CT molecular complexity index is 568. The minimum atomic E-state index is -0.256. The van der Waals surface area contributed by atoms with E-state index in [1.165, 1.54) is 0 Å². The molecule has 0 saturated heterocycles. The van der Waals surface area contributed by atoms with Gasteiger partial charge in [0.2, 0.25) is 5.95 Å². The number of rotatable bonds is 6. The van der Waals surface area contributed by atoms with Crippen LogP contribution in [0.3, 0.4) is 0 Å². The second kappa shape index (κ2) is 7.16. The Morgan fingerprint density at radius 2 is 2.15 bits per heavy atom. The van der Waals surface area contributed by atoms with E-state index in [2.05, 4.69) is 31.3 Å². The molecular formula is C13H15BrN4O2. The molecule has 1 aromatic carbocycles. The maximum atomic E-state index is 11.4. The van der Waals surface area contributed by atoms with Crippen molar-refractivity contribution in [2.75, 3.05) is 18.5 Å². The highest BCUT2D eigenvalue weighted by molar-refractivity contribution is 9.10. The SMILES string of the molecule is CCOCC(=O)Nc1ncn(Cc2ccc(Br)cc2)n1. The molecule has 1 heterocycles. The Morgan fingerprint density at radius 1 is 1.40 bits per heavy atom. The molecule has 2 aromatic rings. The van der Waals surface area contributed by atoms with E-state index >= 15 is 0 Å². The van der Waals surface area contributed by atoms with E-state index in [0.29, 0.717) is 13.2 Å². The van der Waals surface area contributed by atoms with Crippen LogP contribution >= 0.6 is 15.9 Å². The molecular weight excluding hydrogens is 324 g/mol. The van der Waals surface area contributed by atoms with Gasteiger partial charge >= 0.3 is 0 Å². The normalized spacial score (nSPS) is 10.5. The van der Waals surface area contributed by atoms with Gasteiger partial charge in [0.15, 0.2) is 0 Å². The van der Waals surface area contributed by atoms with Crippen LogP contribution in [0.4, 0.5) is 5.95 Å². The van der Waals surface area contributed by atoms with Gasteiger partial charge < -0.3 is 4.74 Å². The summed E-state index contributed by atoms with van der Waals surface area (Å²) in [7, 11) is 0. The fourth-order valence-corrected chi connectivity index (χ4v) is 1.82. The Morgan fingerprint density at radius 3 is 2.85 bits per heavy atom. The van der Waals surface area contributed by atoms with E-state index in [1.54, 1.807) is 11.0 Å². The number of anilines is 1. The molecule has 0 aliphatic carbocycles. The van der Waals surface area contributed by atoms with Gasteiger partial charge in [-0.1, -0.05) is 28.1 Å². The van der Waals surface area contributed by atoms with Gasteiger partial charge in [-0.15, -0.1) is 5.10 Å². The second-order valence-corrected chi connectivity index (χ2v) is 4.99. The first-order valence-corrected chi connectivity index (χ1v) is 6.98. The molecule has 0 aliphatic heterocycles. The Hall–Kier alpha value is -1.73. The van der Waals surface area contributed by atoms with Crippen molar-refractivity contribution in [3.63, 3.8) is 0 Å². The molecule has 0 saturated carbocycles. The number of hydrogen-bond donors (Lipinski definition) is 1. The van der Waals surface area contributed by atoms with Gasteiger partial charge in [-0.05, 0) is 24.6 Å². The molecule has 0 bridgehead atoms. The fourth-order valence-electron chi connectivity index (χ4n) is 1.56. The predicted molar refractivity (Wildman–Crippen MR) is 78.4 cm³/mol. The third kappa shape index (κ3) is 4.43. The van der Waals surface area contributed by atoms with Gasteiger partial charge in [0.05, 0.1) is 6.54 Å². The lowest BCUT2D eigenvalue weighted by Gasteiger charge is -2.02. The highest BCUT2D eigenvalue weighted by atomic mass is 79.9. The first-order valence-electron chi connectivity index (χ1n) is 6.19. The van der Waals surface area contributed by atoms with Crippen LogP contribution < -0.4 is 5.32 Å². The number of nitrogens with one attached hydrogen (secondary N) is 1. The molecule has 0 aliphatic rings. The van der Waals surface area contributed by atoms with Crippen molar-refractivity contribution in [3.8, 4) is 0 Å². The van der Waals surface area contributed by atoms with Crippen molar-refractivity contribution < 1.29 is 9.53 Å².